The molecule has 0 fully saturated rings. The van der Waals surface area contributed by atoms with Crippen LogP contribution in [0, 0.1) is 0 Å². The molecular weight excluding hydrogens is 502 g/mol. The van der Waals surface area contributed by atoms with Crippen LogP contribution < -0.4 is 16.2 Å². The molecule has 1 heterocycles. The highest BCUT2D eigenvalue weighted by Crippen LogP contribution is 2.38. The predicted molar refractivity (Wildman–Crippen MR) is 136 cm³/mol. The van der Waals surface area contributed by atoms with Crippen molar-refractivity contribution in [3.8, 4) is 16.9 Å². The molecule has 0 atom stereocenters. The molecule has 0 spiro atoms. The summed E-state index contributed by atoms with van der Waals surface area (Å²) in [6.07, 6.45) is 1.20. The van der Waals surface area contributed by atoms with E-state index in [0.29, 0.717) is 46.1 Å². The summed E-state index contributed by atoms with van der Waals surface area (Å²) in [5, 5.41) is 13.1. The minimum atomic E-state index is -3.87. The topological polar surface area (TPSA) is 150 Å². The summed E-state index contributed by atoms with van der Waals surface area (Å²) < 4.78 is 24.9. The molecule has 36 heavy (non-hydrogen) atoms. The van der Waals surface area contributed by atoms with Crippen molar-refractivity contribution >= 4 is 39.1 Å². The second-order valence-corrected chi connectivity index (χ2v) is 10.3. The summed E-state index contributed by atoms with van der Waals surface area (Å²) >= 11 is 5.92. The third-order valence-electron chi connectivity index (χ3n) is 6.00. The second kappa shape index (κ2) is 8.90. The number of rotatable bonds is 5. The van der Waals surface area contributed by atoms with E-state index in [4.69, 9.17) is 22.5 Å². The van der Waals surface area contributed by atoms with Crippen LogP contribution in [0.25, 0.3) is 16.9 Å². The zero-order chi connectivity index (χ0) is 25.6. The number of nitrogens with one attached hydrogen (secondary N) is 1. The lowest BCUT2D eigenvalue weighted by atomic mass is 9.88. The minimum Gasteiger partial charge on any atom is -0.364 e. The van der Waals surface area contributed by atoms with E-state index in [0.717, 1.165) is 11.1 Å². The number of nitrogens with two attached hydrogens (primary N) is 2. The zero-order valence-electron chi connectivity index (χ0n) is 18.7. The number of aryl methyl sites for hydroxylation is 1. The van der Waals surface area contributed by atoms with Gasteiger partial charge in [0.15, 0.2) is 5.69 Å². The van der Waals surface area contributed by atoms with E-state index in [1.165, 1.54) is 12.1 Å². The second-order valence-electron chi connectivity index (χ2n) is 8.32. The Hall–Kier alpha value is -3.99. The van der Waals surface area contributed by atoms with Gasteiger partial charge in [0.2, 0.25) is 10.0 Å². The number of amides is 2. The standard InChI is InChI=1S/C25H20ClN5O4S/c26-16-5-1-15(2-6-16)25(33)29-17-7-3-14-4-12-20-22(24(27)32)30-31(23(20)21(14)13-17)18-8-10-19(11-9-18)36(28,34)35/h1-3,5-11,13H,4,12H2,(H2,27,32)(H,29,33)(H2,28,34,35). The first-order valence-corrected chi connectivity index (χ1v) is 12.8. The molecule has 1 aliphatic rings. The van der Waals surface area contributed by atoms with E-state index in [9.17, 15) is 18.0 Å². The Morgan fingerprint density at radius 1 is 0.972 bits per heavy atom. The van der Waals surface area contributed by atoms with Gasteiger partial charge in [-0.15, -0.1) is 0 Å². The molecule has 4 aromatic rings. The number of halogens is 1. The van der Waals surface area contributed by atoms with E-state index in [1.807, 2.05) is 18.2 Å². The first-order chi connectivity index (χ1) is 17.1. The minimum absolute atomic E-state index is 0.0463. The molecule has 2 amide bonds. The van der Waals surface area contributed by atoms with Crippen LogP contribution in [0.4, 0.5) is 5.69 Å². The maximum Gasteiger partial charge on any atom is 0.269 e. The summed E-state index contributed by atoms with van der Waals surface area (Å²) in [5.74, 6) is -0.964. The van der Waals surface area contributed by atoms with Gasteiger partial charge >= 0.3 is 0 Å². The van der Waals surface area contributed by atoms with Crippen LogP contribution >= 0.6 is 11.6 Å². The molecular formula is C25H20ClN5O4S. The van der Waals surface area contributed by atoms with Crippen LogP contribution in [-0.2, 0) is 22.9 Å². The number of nitrogens with zero attached hydrogens (tertiary/aromatic N) is 2. The number of benzene rings is 3. The maximum atomic E-state index is 12.7. The Balaban J connectivity index is 1.59. The fourth-order valence-electron chi connectivity index (χ4n) is 4.28. The van der Waals surface area contributed by atoms with Crippen molar-refractivity contribution in [1.29, 1.82) is 0 Å². The SMILES string of the molecule is NC(=O)c1nn(-c2ccc(S(N)(=O)=O)cc2)c2c1CCc1ccc(NC(=O)c3ccc(Cl)cc3)cc1-2. The highest BCUT2D eigenvalue weighted by atomic mass is 35.5. The molecule has 0 saturated carbocycles. The Labute approximate surface area is 211 Å². The molecule has 11 heteroatoms. The summed E-state index contributed by atoms with van der Waals surface area (Å²) in [6, 6.07) is 17.9. The number of anilines is 1. The first-order valence-electron chi connectivity index (χ1n) is 10.9. The summed E-state index contributed by atoms with van der Waals surface area (Å²) in [5.41, 5.74) is 10.4. The van der Waals surface area contributed by atoms with Gasteiger partial charge in [-0.05, 0) is 79.1 Å². The number of carbonyl (C=O) groups excluding carboxylic acids is 2. The Morgan fingerprint density at radius 3 is 2.31 bits per heavy atom. The van der Waals surface area contributed by atoms with Gasteiger partial charge in [-0.2, -0.15) is 5.10 Å². The molecule has 1 aliphatic carbocycles. The maximum absolute atomic E-state index is 12.7. The number of carbonyl (C=O) groups is 2. The van der Waals surface area contributed by atoms with Crippen molar-refractivity contribution in [3.05, 3.63) is 94.1 Å². The van der Waals surface area contributed by atoms with Crippen LogP contribution in [0.5, 0.6) is 0 Å². The third kappa shape index (κ3) is 4.37. The zero-order valence-corrected chi connectivity index (χ0v) is 20.3. The van der Waals surface area contributed by atoms with Gasteiger partial charge in [0.25, 0.3) is 11.8 Å². The van der Waals surface area contributed by atoms with Crippen LogP contribution in [0.1, 0.15) is 32.0 Å². The largest absolute Gasteiger partial charge is 0.364 e. The molecule has 1 aromatic heterocycles. The summed E-state index contributed by atoms with van der Waals surface area (Å²) in [7, 11) is -3.87. The summed E-state index contributed by atoms with van der Waals surface area (Å²) in [4.78, 5) is 24.9. The number of fused-ring (bicyclic) bond motifs is 3. The van der Waals surface area contributed by atoms with E-state index < -0.39 is 15.9 Å². The molecule has 182 valence electrons. The van der Waals surface area contributed by atoms with Gasteiger partial charge < -0.3 is 11.1 Å². The number of primary sulfonamides is 1. The molecule has 0 unspecified atom stereocenters. The molecule has 3 aromatic carbocycles. The number of primary amides is 1. The van der Waals surface area contributed by atoms with Gasteiger partial charge in [0.1, 0.15) is 0 Å². The number of hydrogen-bond donors (Lipinski definition) is 3. The lowest BCUT2D eigenvalue weighted by Crippen LogP contribution is -2.15. The quantitative estimate of drug-likeness (QED) is 0.368. The number of sulfonamides is 1. The van der Waals surface area contributed by atoms with Gasteiger partial charge in [0.05, 0.1) is 16.3 Å². The smallest absolute Gasteiger partial charge is 0.269 e. The lowest BCUT2D eigenvalue weighted by Gasteiger charge is -2.20. The molecule has 0 saturated heterocycles. The van der Waals surface area contributed by atoms with Crippen LogP contribution in [0.3, 0.4) is 0 Å². The highest BCUT2D eigenvalue weighted by Gasteiger charge is 2.28. The monoisotopic (exact) mass is 521 g/mol. The molecule has 5 N–H and O–H groups in total. The fraction of sp³-hybridized carbons (Fsp3) is 0.0800. The van der Waals surface area contributed by atoms with Crippen molar-refractivity contribution in [3.63, 3.8) is 0 Å². The van der Waals surface area contributed by atoms with Gasteiger partial charge in [0, 0.05) is 27.4 Å². The van der Waals surface area contributed by atoms with E-state index in [-0.39, 0.29) is 16.5 Å². The average Bonchev–Trinajstić information content (AvgIpc) is 3.24. The fourth-order valence-corrected chi connectivity index (χ4v) is 4.92. The van der Waals surface area contributed by atoms with Crippen molar-refractivity contribution < 1.29 is 18.0 Å². The molecule has 0 radical (unpaired) electrons. The van der Waals surface area contributed by atoms with Crippen LogP contribution in [0.15, 0.2) is 71.6 Å². The average molecular weight is 522 g/mol. The molecule has 0 aliphatic heterocycles. The highest BCUT2D eigenvalue weighted by molar-refractivity contribution is 7.89. The van der Waals surface area contributed by atoms with Crippen molar-refractivity contribution in [1.82, 2.24) is 9.78 Å². The van der Waals surface area contributed by atoms with E-state index >= 15 is 0 Å². The van der Waals surface area contributed by atoms with Crippen molar-refractivity contribution in [2.75, 3.05) is 5.32 Å². The number of aromatic nitrogens is 2. The normalized spacial score (nSPS) is 12.5. The number of hydrogen-bond acceptors (Lipinski definition) is 5. The van der Waals surface area contributed by atoms with Crippen molar-refractivity contribution in [2.24, 2.45) is 10.9 Å². The molecule has 0 bridgehead atoms. The molecule has 9 nitrogen and oxygen atoms in total. The Kier molecular flexibility index (Phi) is 5.87. The van der Waals surface area contributed by atoms with E-state index in [1.54, 1.807) is 41.1 Å². The van der Waals surface area contributed by atoms with Crippen LogP contribution in [0.2, 0.25) is 5.02 Å². The predicted octanol–water partition coefficient (Wildman–Crippen LogP) is 3.29. The van der Waals surface area contributed by atoms with Gasteiger partial charge in [-0.1, -0.05) is 17.7 Å². The van der Waals surface area contributed by atoms with Crippen LogP contribution in [-0.4, -0.2) is 30.0 Å². The first kappa shape index (κ1) is 23.7. The van der Waals surface area contributed by atoms with Crippen molar-refractivity contribution in [2.45, 2.75) is 17.7 Å². The summed E-state index contributed by atoms with van der Waals surface area (Å²) in [6.45, 7) is 0. The lowest BCUT2D eigenvalue weighted by molar-refractivity contribution is 0.0992. The Bertz CT molecular complexity index is 1630. The van der Waals surface area contributed by atoms with Gasteiger partial charge in [-0.25, -0.2) is 18.2 Å². The Morgan fingerprint density at radius 2 is 1.67 bits per heavy atom. The molecule has 5 rings (SSSR count). The van der Waals surface area contributed by atoms with E-state index in [2.05, 4.69) is 10.4 Å². The third-order valence-corrected chi connectivity index (χ3v) is 7.18. The van der Waals surface area contributed by atoms with Gasteiger partial charge in [-0.3, -0.25) is 9.59 Å².